The van der Waals surface area contributed by atoms with Crippen molar-refractivity contribution < 1.29 is 9.36 Å². The second kappa shape index (κ2) is 19.4. The molecule has 0 amide bonds. The number of ketones is 1. The molecule has 0 N–H and O–H groups in total. The van der Waals surface area contributed by atoms with Crippen molar-refractivity contribution in [1.29, 1.82) is 0 Å². The Labute approximate surface area is 359 Å². The SMILES string of the molecule is C.CC(=O)c1ccc2nc(C)c(C)nc2c1.Cc1ccc(-[n+]2ccc3nc(C)c(C)nc3c2)cc1.Cc1ccc2nc(C)c(C)nc2c1.Cc1ccc2nc(C)c(C)nc2c1. The number of carbonyl (C=O) groups is 1. The number of Topliss-reactive ketones (excluding diaryl/α,β-unsaturated/α-hetero) is 1. The molecule has 0 fully saturated rings. The molecule has 9 rings (SSSR count). The molecule has 0 aliphatic heterocycles. The molecule has 9 aromatic rings. The van der Waals surface area contributed by atoms with Crippen LogP contribution in [0.5, 0.6) is 0 Å². The third-order valence-corrected chi connectivity index (χ3v) is 10.3. The van der Waals surface area contributed by atoms with E-state index < -0.39 is 0 Å². The highest BCUT2D eigenvalue weighted by atomic mass is 16.1. The molecule has 5 aromatic heterocycles. The van der Waals surface area contributed by atoms with Crippen LogP contribution in [0.4, 0.5) is 0 Å². The zero-order valence-electron chi connectivity index (χ0n) is 36.7. The van der Waals surface area contributed by atoms with E-state index in [-0.39, 0.29) is 13.2 Å². The zero-order valence-corrected chi connectivity index (χ0v) is 36.7. The summed E-state index contributed by atoms with van der Waals surface area (Å²) in [5.41, 5.74) is 20.8. The van der Waals surface area contributed by atoms with E-state index in [2.05, 4.69) is 114 Å². The quantitative estimate of drug-likeness (QED) is 0.124. The van der Waals surface area contributed by atoms with Gasteiger partial charge >= 0.3 is 0 Å². The fraction of sp³-hybridized carbons (Fsp3) is 0.255. The minimum absolute atomic E-state index is 0. The lowest BCUT2D eigenvalue weighted by molar-refractivity contribution is -0.594. The van der Waals surface area contributed by atoms with Crippen molar-refractivity contribution in [2.24, 2.45) is 0 Å². The van der Waals surface area contributed by atoms with Gasteiger partial charge in [0, 0.05) is 23.8 Å². The zero-order chi connectivity index (χ0) is 43.2. The van der Waals surface area contributed by atoms with Crippen molar-refractivity contribution in [3.63, 3.8) is 0 Å². The smallest absolute Gasteiger partial charge is 0.210 e. The van der Waals surface area contributed by atoms with Gasteiger partial charge in [0.05, 0.1) is 78.7 Å². The van der Waals surface area contributed by atoms with Gasteiger partial charge in [0.1, 0.15) is 5.52 Å². The number of benzene rings is 4. The maximum absolute atomic E-state index is 11.2. The van der Waals surface area contributed by atoms with Gasteiger partial charge in [0.15, 0.2) is 17.5 Å². The summed E-state index contributed by atoms with van der Waals surface area (Å²) in [6.07, 6.45) is 4.05. The minimum Gasteiger partial charge on any atom is -0.295 e. The second-order valence-corrected chi connectivity index (χ2v) is 15.3. The highest BCUT2D eigenvalue weighted by molar-refractivity contribution is 5.97. The molecule has 0 spiro atoms. The Hall–Kier alpha value is -6.94. The van der Waals surface area contributed by atoms with Gasteiger partial charge in [-0.2, -0.15) is 4.57 Å². The van der Waals surface area contributed by atoms with E-state index in [4.69, 9.17) is 0 Å². The van der Waals surface area contributed by atoms with Gasteiger partial charge in [-0.05, 0) is 137 Å². The van der Waals surface area contributed by atoms with Gasteiger partial charge in [-0.25, -0.2) is 39.9 Å². The summed E-state index contributed by atoms with van der Waals surface area (Å²) in [5, 5.41) is 0. The summed E-state index contributed by atoms with van der Waals surface area (Å²) in [6.45, 7) is 23.6. The van der Waals surface area contributed by atoms with Gasteiger partial charge in [-0.3, -0.25) is 4.79 Å². The fourth-order valence-electron chi connectivity index (χ4n) is 6.19. The van der Waals surface area contributed by atoms with E-state index in [0.717, 1.165) is 95.4 Å². The molecule has 0 radical (unpaired) electrons. The molecule has 0 aliphatic carbocycles. The molecule has 0 saturated heterocycles. The molecule has 0 bridgehead atoms. The van der Waals surface area contributed by atoms with Crippen LogP contribution >= 0.6 is 0 Å². The van der Waals surface area contributed by atoms with E-state index in [0.29, 0.717) is 5.56 Å². The molecule has 310 valence electrons. The maximum Gasteiger partial charge on any atom is 0.210 e. The number of hydrogen-bond donors (Lipinski definition) is 0. The third-order valence-electron chi connectivity index (χ3n) is 10.3. The van der Waals surface area contributed by atoms with Gasteiger partial charge in [-0.1, -0.05) is 37.3 Å². The molecule has 5 heterocycles. The van der Waals surface area contributed by atoms with Crippen molar-refractivity contribution in [3.05, 3.63) is 165 Å². The Morgan fingerprint density at radius 1 is 0.377 bits per heavy atom. The molecule has 10 heteroatoms. The molecule has 10 nitrogen and oxygen atoms in total. The normalized spacial score (nSPS) is 10.6. The summed E-state index contributed by atoms with van der Waals surface area (Å²) in [5.74, 6) is 0.0527. The van der Waals surface area contributed by atoms with Crippen LogP contribution in [0.2, 0.25) is 0 Å². The number of hydrogen-bond acceptors (Lipinski definition) is 9. The van der Waals surface area contributed by atoms with E-state index in [1.54, 1.807) is 19.1 Å². The molecule has 4 aromatic carbocycles. The predicted octanol–water partition coefficient (Wildman–Crippen LogP) is 11.0. The van der Waals surface area contributed by atoms with Crippen LogP contribution in [0.25, 0.3) is 49.8 Å². The Balaban J connectivity index is 0.000000155. The second-order valence-electron chi connectivity index (χ2n) is 15.3. The molecular weight excluding hydrogens is 755 g/mol. The average molecular weight is 811 g/mol. The molecule has 0 unspecified atom stereocenters. The fourth-order valence-corrected chi connectivity index (χ4v) is 6.19. The number of pyridine rings is 1. The summed E-state index contributed by atoms with van der Waals surface area (Å²) in [7, 11) is 0. The van der Waals surface area contributed by atoms with Crippen LogP contribution in [0.1, 0.15) is 87.0 Å². The summed E-state index contributed by atoms with van der Waals surface area (Å²) < 4.78 is 2.07. The van der Waals surface area contributed by atoms with Crippen molar-refractivity contribution >= 4 is 49.9 Å². The number of aryl methyl sites for hydroxylation is 11. The Morgan fingerprint density at radius 3 is 1.11 bits per heavy atom. The standard InChI is InChI=1S/C16H16N3.C12H12N2O.2C11H12N2.CH4/c1-11-4-6-14(7-5-11)19-9-8-15-16(10-19)18-13(3)12(2)17-15;1-7-8(2)14-12-6-10(9(3)15)4-5-11(12)13-7;2*1-7-4-5-10-11(6-7)13-9(3)8(2)12-10;/h4-10H,1-3H3;4-6H,1-3H3;2*4-6H,1-3H3;1H4/q+1;;;;. The van der Waals surface area contributed by atoms with Gasteiger partial charge in [0.25, 0.3) is 0 Å². The Bertz CT molecular complexity index is 2940. The third kappa shape index (κ3) is 11.2. The lowest BCUT2D eigenvalue weighted by Gasteiger charge is -2.03. The van der Waals surface area contributed by atoms with Gasteiger partial charge in [-0.15, -0.1) is 0 Å². The first kappa shape index (κ1) is 45.1. The van der Waals surface area contributed by atoms with Crippen molar-refractivity contribution in [3.8, 4) is 5.69 Å². The largest absolute Gasteiger partial charge is 0.295 e. The van der Waals surface area contributed by atoms with Gasteiger partial charge in [0.2, 0.25) is 11.9 Å². The van der Waals surface area contributed by atoms with Crippen molar-refractivity contribution in [2.45, 2.75) is 90.5 Å². The highest BCUT2D eigenvalue weighted by Gasteiger charge is 2.10. The minimum atomic E-state index is 0. The predicted molar refractivity (Wildman–Crippen MR) is 249 cm³/mol. The van der Waals surface area contributed by atoms with Crippen LogP contribution in [0.15, 0.2) is 97.3 Å². The lowest BCUT2D eigenvalue weighted by atomic mass is 10.1. The lowest BCUT2D eigenvalue weighted by Crippen LogP contribution is -2.29. The molecule has 61 heavy (non-hydrogen) atoms. The van der Waals surface area contributed by atoms with E-state index in [9.17, 15) is 4.79 Å². The number of fused-ring (bicyclic) bond motifs is 4. The molecule has 0 aliphatic rings. The molecular formula is C51H56N9O+. The molecule has 0 atom stereocenters. The number of aromatic nitrogens is 9. The first-order valence-electron chi connectivity index (χ1n) is 20.0. The van der Waals surface area contributed by atoms with E-state index >= 15 is 0 Å². The Morgan fingerprint density at radius 2 is 0.705 bits per heavy atom. The van der Waals surface area contributed by atoms with Gasteiger partial charge < -0.3 is 0 Å². The number of nitrogens with zero attached hydrogens (tertiary/aromatic N) is 9. The summed E-state index contributed by atoms with van der Waals surface area (Å²) in [4.78, 5) is 47.0. The van der Waals surface area contributed by atoms with Crippen molar-refractivity contribution in [1.82, 2.24) is 39.9 Å². The molecule has 0 saturated carbocycles. The Kier molecular flexibility index (Phi) is 14.4. The van der Waals surface area contributed by atoms with Crippen LogP contribution < -0.4 is 4.57 Å². The van der Waals surface area contributed by atoms with Crippen LogP contribution in [-0.2, 0) is 0 Å². The van der Waals surface area contributed by atoms with Crippen molar-refractivity contribution in [2.75, 3.05) is 0 Å². The topological polar surface area (TPSA) is 124 Å². The first-order chi connectivity index (χ1) is 28.5. The summed E-state index contributed by atoms with van der Waals surface area (Å²) >= 11 is 0. The summed E-state index contributed by atoms with van der Waals surface area (Å²) in [6, 6.07) is 28.1. The van der Waals surface area contributed by atoms with E-state index in [1.165, 1.54) is 16.7 Å². The van der Waals surface area contributed by atoms with E-state index in [1.807, 2.05) is 92.0 Å². The maximum atomic E-state index is 11.2. The highest BCUT2D eigenvalue weighted by Crippen LogP contribution is 2.17. The van der Waals surface area contributed by atoms with Crippen LogP contribution in [0, 0.1) is 76.2 Å². The average Bonchev–Trinajstić information content (AvgIpc) is 3.21. The first-order valence-corrected chi connectivity index (χ1v) is 20.0. The number of carbonyl (C=O) groups excluding carboxylic acids is 1. The van der Waals surface area contributed by atoms with Crippen LogP contribution in [0.3, 0.4) is 0 Å². The number of rotatable bonds is 2. The monoisotopic (exact) mass is 810 g/mol. The van der Waals surface area contributed by atoms with Crippen LogP contribution in [-0.4, -0.2) is 45.7 Å².